The number of amides is 1. The van der Waals surface area contributed by atoms with Gasteiger partial charge >= 0.3 is 0 Å². The fourth-order valence-electron chi connectivity index (χ4n) is 4.07. The van der Waals surface area contributed by atoms with Crippen LogP contribution in [0.15, 0.2) is 83.8 Å². The van der Waals surface area contributed by atoms with Crippen molar-refractivity contribution in [3.63, 3.8) is 0 Å². The molecule has 0 spiro atoms. The van der Waals surface area contributed by atoms with E-state index in [0.29, 0.717) is 30.3 Å². The van der Waals surface area contributed by atoms with Gasteiger partial charge in [-0.3, -0.25) is 9.52 Å². The zero-order valence-electron chi connectivity index (χ0n) is 17.8. The summed E-state index contributed by atoms with van der Waals surface area (Å²) in [7, 11) is -3.66. The van der Waals surface area contributed by atoms with Crippen LogP contribution in [0.25, 0.3) is 10.2 Å². The van der Waals surface area contributed by atoms with Gasteiger partial charge in [0.05, 0.1) is 20.1 Å². The number of nitrogens with zero attached hydrogens (tertiary/aromatic N) is 2. The third kappa shape index (κ3) is 4.62. The number of carbonyl (C=O) groups excluding carboxylic acids is 1. The number of aromatic nitrogens is 1. The minimum absolute atomic E-state index is 0.0322. The maximum Gasteiger partial charge on any atom is 0.261 e. The van der Waals surface area contributed by atoms with Crippen LogP contribution in [0.3, 0.4) is 0 Å². The highest BCUT2D eigenvalue weighted by atomic mass is 32.2. The second kappa shape index (κ2) is 8.96. The van der Waals surface area contributed by atoms with E-state index in [1.54, 1.807) is 53.8 Å². The molecule has 8 heteroatoms. The highest BCUT2D eigenvalue weighted by molar-refractivity contribution is 7.92. The van der Waals surface area contributed by atoms with Gasteiger partial charge in [-0.15, -0.1) is 11.3 Å². The van der Waals surface area contributed by atoms with Crippen molar-refractivity contribution in [1.82, 2.24) is 9.88 Å². The molecule has 1 fully saturated rings. The summed E-state index contributed by atoms with van der Waals surface area (Å²) in [6.45, 7) is 1.36. The fraction of sp³-hybridized carbons (Fsp3) is 0.200. The van der Waals surface area contributed by atoms with E-state index < -0.39 is 10.0 Å². The third-order valence-electron chi connectivity index (χ3n) is 5.88. The average molecular weight is 478 g/mol. The number of benzene rings is 3. The SMILES string of the molecule is O=C(c1ccc(NS(=O)(=O)c2ccccc2)cc1)N1CCC(c2nc3ccccc3s2)CC1. The van der Waals surface area contributed by atoms with E-state index in [1.807, 2.05) is 23.1 Å². The van der Waals surface area contributed by atoms with Crippen LogP contribution in [-0.4, -0.2) is 37.3 Å². The number of para-hydroxylation sites is 1. The van der Waals surface area contributed by atoms with Gasteiger partial charge in [0.15, 0.2) is 0 Å². The number of sulfonamides is 1. The summed E-state index contributed by atoms with van der Waals surface area (Å²) in [5.74, 6) is 0.344. The van der Waals surface area contributed by atoms with Gasteiger partial charge in [-0.25, -0.2) is 13.4 Å². The average Bonchev–Trinajstić information content (AvgIpc) is 3.29. The standard InChI is InChI=1S/C25H23N3O3S2/c29-25(19-10-12-20(13-11-19)27-33(30,31)21-6-2-1-3-7-21)28-16-14-18(15-17-28)24-26-22-8-4-5-9-23(22)32-24/h1-13,18,27H,14-17H2. The van der Waals surface area contributed by atoms with Crippen molar-refractivity contribution in [2.75, 3.05) is 17.8 Å². The molecule has 4 aromatic rings. The van der Waals surface area contributed by atoms with Gasteiger partial charge in [-0.1, -0.05) is 30.3 Å². The smallest absolute Gasteiger partial charge is 0.261 e. The van der Waals surface area contributed by atoms with Crippen LogP contribution in [0, 0.1) is 0 Å². The molecule has 1 aliphatic rings. The van der Waals surface area contributed by atoms with Gasteiger partial charge in [0.2, 0.25) is 0 Å². The fourth-order valence-corrected chi connectivity index (χ4v) is 6.29. The zero-order valence-corrected chi connectivity index (χ0v) is 19.5. The first-order valence-electron chi connectivity index (χ1n) is 10.8. The lowest BCUT2D eigenvalue weighted by Crippen LogP contribution is -2.37. The van der Waals surface area contributed by atoms with E-state index in [2.05, 4.69) is 10.8 Å². The zero-order chi connectivity index (χ0) is 22.8. The summed E-state index contributed by atoms with van der Waals surface area (Å²) < 4.78 is 28.7. The number of rotatable bonds is 5. The van der Waals surface area contributed by atoms with Gasteiger partial charge in [-0.2, -0.15) is 0 Å². The molecule has 1 saturated heterocycles. The Morgan fingerprint density at radius 2 is 1.58 bits per heavy atom. The molecule has 1 aromatic heterocycles. The monoisotopic (exact) mass is 477 g/mol. The maximum absolute atomic E-state index is 13.0. The van der Waals surface area contributed by atoms with Crippen molar-refractivity contribution in [3.8, 4) is 0 Å². The number of likely N-dealkylation sites (tertiary alicyclic amines) is 1. The Bertz CT molecular complexity index is 1340. The van der Waals surface area contributed by atoms with Gasteiger partial charge in [0.25, 0.3) is 15.9 Å². The van der Waals surface area contributed by atoms with Gasteiger partial charge in [-0.05, 0) is 61.4 Å². The quantitative estimate of drug-likeness (QED) is 0.433. The second-order valence-corrected chi connectivity index (χ2v) is 10.8. The summed E-state index contributed by atoms with van der Waals surface area (Å²) in [5, 5.41) is 1.15. The molecule has 168 valence electrons. The van der Waals surface area contributed by atoms with E-state index in [0.717, 1.165) is 23.4 Å². The molecular weight excluding hydrogens is 454 g/mol. The molecule has 1 aliphatic heterocycles. The minimum Gasteiger partial charge on any atom is -0.339 e. The van der Waals surface area contributed by atoms with Gasteiger partial charge in [0, 0.05) is 30.3 Å². The second-order valence-electron chi connectivity index (χ2n) is 8.08. The summed E-state index contributed by atoms with van der Waals surface area (Å²) in [5.41, 5.74) is 2.01. The number of hydrogen-bond donors (Lipinski definition) is 1. The maximum atomic E-state index is 13.0. The lowest BCUT2D eigenvalue weighted by molar-refractivity contribution is 0.0713. The van der Waals surface area contributed by atoms with E-state index in [9.17, 15) is 13.2 Å². The first-order chi connectivity index (χ1) is 16.0. The number of piperidine rings is 1. The van der Waals surface area contributed by atoms with Crippen LogP contribution in [0.1, 0.15) is 34.1 Å². The van der Waals surface area contributed by atoms with Crippen LogP contribution in [0.2, 0.25) is 0 Å². The molecule has 0 radical (unpaired) electrons. The minimum atomic E-state index is -3.66. The molecule has 6 nitrogen and oxygen atoms in total. The molecule has 5 rings (SSSR count). The Morgan fingerprint density at radius 1 is 0.909 bits per heavy atom. The molecule has 1 amide bonds. The molecule has 2 heterocycles. The van der Waals surface area contributed by atoms with Crippen LogP contribution < -0.4 is 4.72 Å². The Kier molecular flexibility index (Phi) is 5.86. The predicted octanol–water partition coefficient (Wildman–Crippen LogP) is 5.12. The number of thiazole rings is 1. The molecule has 0 unspecified atom stereocenters. The van der Waals surface area contributed by atoms with Crippen LogP contribution in [0.4, 0.5) is 5.69 Å². The Labute approximate surface area is 197 Å². The molecule has 33 heavy (non-hydrogen) atoms. The van der Waals surface area contributed by atoms with Crippen molar-refractivity contribution in [2.24, 2.45) is 0 Å². The Balaban J connectivity index is 1.21. The lowest BCUT2D eigenvalue weighted by Gasteiger charge is -2.31. The first-order valence-corrected chi connectivity index (χ1v) is 13.1. The van der Waals surface area contributed by atoms with Crippen molar-refractivity contribution in [2.45, 2.75) is 23.7 Å². The molecular formula is C25H23N3O3S2. The van der Waals surface area contributed by atoms with Crippen LogP contribution in [0.5, 0.6) is 0 Å². The third-order valence-corrected chi connectivity index (χ3v) is 8.48. The summed E-state index contributed by atoms with van der Waals surface area (Å²) in [4.78, 5) is 19.8. The number of hydrogen-bond acceptors (Lipinski definition) is 5. The van der Waals surface area contributed by atoms with Gasteiger partial charge in [0.1, 0.15) is 0 Å². The normalized spacial score (nSPS) is 15.0. The molecule has 0 saturated carbocycles. The van der Waals surface area contributed by atoms with E-state index >= 15 is 0 Å². The highest BCUT2D eigenvalue weighted by Gasteiger charge is 2.26. The van der Waals surface area contributed by atoms with E-state index in [-0.39, 0.29) is 10.8 Å². The Hall–Kier alpha value is -3.23. The molecule has 0 atom stereocenters. The van der Waals surface area contributed by atoms with Crippen LogP contribution >= 0.6 is 11.3 Å². The lowest BCUT2D eigenvalue weighted by atomic mass is 9.97. The van der Waals surface area contributed by atoms with Gasteiger partial charge < -0.3 is 4.90 Å². The summed E-state index contributed by atoms with van der Waals surface area (Å²) in [6, 6.07) is 23.0. The van der Waals surface area contributed by atoms with Crippen molar-refractivity contribution in [3.05, 3.63) is 89.4 Å². The van der Waals surface area contributed by atoms with Crippen molar-refractivity contribution in [1.29, 1.82) is 0 Å². The number of nitrogens with one attached hydrogen (secondary N) is 1. The summed E-state index contributed by atoms with van der Waals surface area (Å²) in [6.07, 6.45) is 1.78. The van der Waals surface area contributed by atoms with Crippen molar-refractivity contribution < 1.29 is 13.2 Å². The number of carbonyl (C=O) groups is 1. The first kappa shape index (κ1) is 21.6. The molecule has 0 aliphatic carbocycles. The Morgan fingerprint density at radius 3 is 2.27 bits per heavy atom. The number of fused-ring (bicyclic) bond motifs is 1. The summed E-state index contributed by atoms with van der Waals surface area (Å²) >= 11 is 1.74. The van der Waals surface area contributed by atoms with Crippen LogP contribution in [-0.2, 0) is 10.0 Å². The topological polar surface area (TPSA) is 79.4 Å². The predicted molar refractivity (Wildman–Crippen MR) is 131 cm³/mol. The van der Waals surface area contributed by atoms with Crippen molar-refractivity contribution >= 4 is 43.2 Å². The van der Waals surface area contributed by atoms with E-state index in [4.69, 9.17) is 4.98 Å². The highest BCUT2D eigenvalue weighted by Crippen LogP contribution is 2.34. The van der Waals surface area contributed by atoms with E-state index in [1.165, 1.54) is 16.8 Å². The molecule has 3 aromatic carbocycles. The molecule has 0 bridgehead atoms. The number of anilines is 1. The largest absolute Gasteiger partial charge is 0.339 e. The molecule has 1 N–H and O–H groups in total.